The van der Waals surface area contributed by atoms with Gasteiger partial charge in [-0.15, -0.1) is 0 Å². The van der Waals surface area contributed by atoms with Gasteiger partial charge in [0.2, 0.25) is 0 Å². The van der Waals surface area contributed by atoms with Gasteiger partial charge in [0.1, 0.15) is 0 Å². The highest BCUT2D eigenvalue weighted by Gasteiger charge is 2.32. The molecule has 166 valence electrons. The quantitative estimate of drug-likeness (QED) is 0.712. The van der Waals surface area contributed by atoms with Crippen LogP contribution in [0.3, 0.4) is 0 Å². The van der Waals surface area contributed by atoms with Crippen LogP contribution in [0.2, 0.25) is 0 Å². The first-order valence-electron chi connectivity index (χ1n) is 10.6. The standard InChI is InChI=1S/C24H31N3O4/c1-5-11-25-24(29)27-12-10-17-13-21(30-3)22(31-4)14-19(17)20(27)15-26-23(28)18-9-7-6-8-16(18)2/h6-9,13-14,20H,5,10-12,15H2,1-4H3,(H,25,29)(H,26,28)/t20-/m0/s1. The number of urea groups is 1. The molecule has 2 N–H and O–H groups in total. The van der Waals surface area contributed by atoms with E-state index in [0.29, 0.717) is 43.1 Å². The second kappa shape index (κ2) is 10.2. The molecule has 2 aromatic rings. The zero-order chi connectivity index (χ0) is 22.4. The van der Waals surface area contributed by atoms with Crippen molar-refractivity contribution >= 4 is 11.9 Å². The second-order valence-electron chi connectivity index (χ2n) is 7.62. The molecule has 1 heterocycles. The Morgan fingerprint density at radius 2 is 1.81 bits per heavy atom. The summed E-state index contributed by atoms with van der Waals surface area (Å²) >= 11 is 0. The third kappa shape index (κ3) is 4.93. The van der Waals surface area contributed by atoms with Gasteiger partial charge in [-0.2, -0.15) is 0 Å². The van der Waals surface area contributed by atoms with Crippen LogP contribution >= 0.6 is 0 Å². The van der Waals surface area contributed by atoms with Gasteiger partial charge in [-0.05, 0) is 54.7 Å². The Bertz CT molecular complexity index is 944. The fraction of sp³-hybridized carbons (Fsp3) is 0.417. The van der Waals surface area contributed by atoms with Crippen LogP contribution in [-0.2, 0) is 6.42 Å². The molecule has 31 heavy (non-hydrogen) atoms. The SMILES string of the molecule is CCCNC(=O)N1CCc2cc(OC)c(OC)cc2[C@@H]1CNC(=O)c1ccccc1C. The van der Waals surface area contributed by atoms with E-state index < -0.39 is 0 Å². The molecule has 3 rings (SSSR count). The molecular weight excluding hydrogens is 394 g/mol. The average molecular weight is 426 g/mol. The molecule has 1 atom stereocenters. The predicted molar refractivity (Wildman–Crippen MR) is 120 cm³/mol. The number of carbonyl (C=O) groups excluding carboxylic acids is 2. The number of methoxy groups -OCH3 is 2. The van der Waals surface area contributed by atoms with Crippen molar-refractivity contribution in [3.63, 3.8) is 0 Å². The van der Waals surface area contributed by atoms with Gasteiger partial charge in [0, 0.05) is 25.2 Å². The number of nitrogens with zero attached hydrogens (tertiary/aromatic N) is 1. The number of carbonyl (C=O) groups is 2. The van der Waals surface area contributed by atoms with E-state index in [-0.39, 0.29) is 18.0 Å². The van der Waals surface area contributed by atoms with Gasteiger partial charge >= 0.3 is 6.03 Å². The minimum absolute atomic E-state index is 0.127. The van der Waals surface area contributed by atoms with Crippen molar-refractivity contribution in [2.45, 2.75) is 32.7 Å². The van der Waals surface area contributed by atoms with E-state index in [2.05, 4.69) is 10.6 Å². The van der Waals surface area contributed by atoms with Crippen LogP contribution in [0.25, 0.3) is 0 Å². The van der Waals surface area contributed by atoms with Crippen molar-refractivity contribution in [1.82, 2.24) is 15.5 Å². The maximum absolute atomic E-state index is 12.9. The largest absolute Gasteiger partial charge is 0.493 e. The summed E-state index contributed by atoms with van der Waals surface area (Å²) in [6.45, 7) is 5.39. The summed E-state index contributed by atoms with van der Waals surface area (Å²) < 4.78 is 10.9. The fourth-order valence-electron chi connectivity index (χ4n) is 3.94. The molecule has 0 radical (unpaired) electrons. The Balaban J connectivity index is 1.90. The van der Waals surface area contributed by atoms with Crippen molar-refractivity contribution in [1.29, 1.82) is 0 Å². The molecule has 0 aliphatic carbocycles. The van der Waals surface area contributed by atoms with Crippen LogP contribution < -0.4 is 20.1 Å². The Kier molecular flexibility index (Phi) is 7.39. The minimum Gasteiger partial charge on any atom is -0.493 e. The topological polar surface area (TPSA) is 79.9 Å². The number of nitrogens with one attached hydrogen (secondary N) is 2. The maximum Gasteiger partial charge on any atom is 0.317 e. The minimum atomic E-state index is -0.312. The highest BCUT2D eigenvalue weighted by Crippen LogP contribution is 2.38. The zero-order valence-electron chi connectivity index (χ0n) is 18.7. The van der Waals surface area contributed by atoms with E-state index in [4.69, 9.17) is 9.47 Å². The van der Waals surface area contributed by atoms with Gasteiger partial charge in [-0.3, -0.25) is 4.79 Å². The van der Waals surface area contributed by atoms with E-state index in [1.165, 1.54) is 0 Å². The fourth-order valence-corrected chi connectivity index (χ4v) is 3.94. The van der Waals surface area contributed by atoms with Crippen LogP contribution in [0.15, 0.2) is 36.4 Å². The molecule has 1 aliphatic heterocycles. The van der Waals surface area contributed by atoms with E-state index in [0.717, 1.165) is 23.1 Å². The maximum atomic E-state index is 12.9. The summed E-state index contributed by atoms with van der Waals surface area (Å²) in [5.41, 5.74) is 3.59. The lowest BCUT2D eigenvalue weighted by molar-refractivity contribution is 0.0933. The van der Waals surface area contributed by atoms with Crippen molar-refractivity contribution in [3.8, 4) is 11.5 Å². The van der Waals surface area contributed by atoms with Gasteiger partial charge in [0.05, 0.1) is 20.3 Å². The van der Waals surface area contributed by atoms with Crippen molar-refractivity contribution in [2.75, 3.05) is 33.9 Å². The molecule has 7 heteroatoms. The molecule has 3 amide bonds. The van der Waals surface area contributed by atoms with Gasteiger partial charge in [-0.1, -0.05) is 25.1 Å². The molecule has 0 saturated carbocycles. The summed E-state index contributed by atoms with van der Waals surface area (Å²) in [5.74, 6) is 1.11. The van der Waals surface area contributed by atoms with Crippen LogP contribution in [-0.4, -0.2) is 50.7 Å². The van der Waals surface area contributed by atoms with E-state index in [9.17, 15) is 9.59 Å². The van der Waals surface area contributed by atoms with Crippen LogP contribution in [0.1, 0.15) is 46.4 Å². The summed E-state index contributed by atoms with van der Waals surface area (Å²) in [4.78, 5) is 27.5. The predicted octanol–water partition coefficient (Wildman–Crippen LogP) is 3.46. The van der Waals surface area contributed by atoms with Gasteiger partial charge in [-0.25, -0.2) is 4.79 Å². The molecule has 7 nitrogen and oxygen atoms in total. The highest BCUT2D eigenvalue weighted by molar-refractivity contribution is 5.95. The third-order valence-corrected chi connectivity index (χ3v) is 5.64. The number of fused-ring (bicyclic) bond motifs is 1. The molecule has 0 aromatic heterocycles. The van der Waals surface area contributed by atoms with E-state index >= 15 is 0 Å². The summed E-state index contributed by atoms with van der Waals surface area (Å²) in [7, 11) is 3.20. The van der Waals surface area contributed by atoms with Gasteiger partial charge in [0.15, 0.2) is 11.5 Å². The summed E-state index contributed by atoms with van der Waals surface area (Å²) in [6.07, 6.45) is 1.56. The molecule has 0 saturated heterocycles. The van der Waals surface area contributed by atoms with Crippen LogP contribution in [0.4, 0.5) is 4.79 Å². The third-order valence-electron chi connectivity index (χ3n) is 5.64. The number of hydrogen-bond acceptors (Lipinski definition) is 4. The Morgan fingerprint density at radius 3 is 2.48 bits per heavy atom. The van der Waals surface area contributed by atoms with Crippen molar-refractivity contribution < 1.29 is 19.1 Å². The first kappa shape index (κ1) is 22.5. The molecule has 2 aromatic carbocycles. The van der Waals surface area contributed by atoms with Crippen molar-refractivity contribution in [3.05, 3.63) is 58.7 Å². The number of ether oxygens (including phenoxy) is 2. The van der Waals surface area contributed by atoms with E-state index in [1.54, 1.807) is 25.2 Å². The van der Waals surface area contributed by atoms with Crippen LogP contribution in [0.5, 0.6) is 11.5 Å². The van der Waals surface area contributed by atoms with Gasteiger partial charge < -0.3 is 25.0 Å². The number of amides is 3. The Hall–Kier alpha value is -3.22. The Morgan fingerprint density at radius 1 is 1.10 bits per heavy atom. The highest BCUT2D eigenvalue weighted by atomic mass is 16.5. The monoisotopic (exact) mass is 425 g/mol. The number of rotatable bonds is 7. The average Bonchev–Trinajstić information content (AvgIpc) is 2.79. The normalized spacial score (nSPS) is 15.1. The molecule has 1 aliphatic rings. The zero-order valence-corrected chi connectivity index (χ0v) is 18.7. The molecule has 0 unspecified atom stereocenters. The summed E-state index contributed by atoms with van der Waals surface area (Å²) in [6, 6.07) is 10.9. The van der Waals surface area contributed by atoms with Crippen molar-refractivity contribution in [2.24, 2.45) is 0 Å². The lowest BCUT2D eigenvalue weighted by atomic mass is 9.91. The smallest absolute Gasteiger partial charge is 0.317 e. The Labute approximate surface area is 183 Å². The lowest BCUT2D eigenvalue weighted by Gasteiger charge is -2.38. The van der Waals surface area contributed by atoms with E-state index in [1.807, 2.05) is 44.2 Å². The number of aryl methyl sites for hydroxylation is 1. The number of benzene rings is 2. The summed E-state index contributed by atoms with van der Waals surface area (Å²) in [5, 5.41) is 5.99. The molecule has 0 fully saturated rings. The first-order chi connectivity index (χ1) is 15.0. The van der Waals surface area contributed by atoms with Gasteiger partial charge in [0.25, 0.3) is 5.91 Å². The number of hydrogen-bond donors (Lipinski definition) is 2. The molecule has 0 spiro atoms. The van der Waals surface area contributed by atoms with Crippen LogP contribution in [0, 0.1) is 6.92 Å². The second-order valence-corrected chi connectivity index (χ2v) is 7.62. The first-order valence-corrected chi connectivity index (χ1v) is 10.6. The molecular formula is C24H31N3O4. The molecule has 0 bridgehead atoms. The lowest BCUT2D eigenvalue weighted by Crippen LogP contribution is -2.49.